The lowest BCUT2D eigenvalue weighted by Crippen LogP contribution is -2.22. The first-order chi connectivity index (χ1) is 9.10. The molecule has 0 saturated carbocycles. The van der Waals surface area contributed by atoms with Crippen molar-refractivity contribution in [2.24, 2.45) is 0 Å². The Morgan fingerprint density at radius 2 is 1.95 bits per heavy atom. The van der Waals surface area contributed by atoms with E-state index >= 15 is 0 Å². The Morgan fingerprint density at radius 1 is 1.26 bits per heavy atom. The van der Waals surface area contributed by atoms with E-state index in [1.54, 1.807) is 6.20 Å². The third kappa shape index (κ3) is 3.58. The van der Waals surface area contributed by atoms with Gasteiger partial charge in [0.2, 0.25) is 0 Å². The van der Waals surface area contributed by atoms with Crippen LogP contribution < -0.4 is 5.32 Å². The highest BCUT2D eigenvalue weighted by molar-refractivity contribution is 7.11. The lowest BCUT2D eigenvalue weighted by molar-refractivity contribution is 0.561. The van der Waals surface area contributed by atoms with Crippen molar-refractivity contribution in [1.29, 1.82) is 0 Å². The number of hydrogen-bond donors (Lipinski definition) is 1. The molecule has 0 aliphatic carbocycles. The van der Waals surface area contributed by atoms with Crippen LogP contribution in [-0.2, 0) is 0 Å². The largest absolute Gasteiger partial charge is 0.306 e. The second-order valence-electron chi connectivity index (χ2n) is 4.37. The molecule has 0 bridgehead atoms. The van der Waals surface area contributed by atoms with Crippen molar-refractivity contribution in [2.45, 2.75) is 26.3 Å². The number of benzene rings is 1. The van der Waals surface area contributed by atoms with Crippen molar-refractivity contribution in [3.05, 3.63) is 51.5 Å². The van der Waals surface area contributed by atoms with Crippen LogP contribution in [0.1, 0.15) is 34.8 Å². The summed E-state index contributed by atoms with van der Waals surface area (Å²) in [7, 11) is 0. The zero-order chi connectivity index (χ0) is 13.8. The molecule has 0 radical (unpaired) electrons. The number of nitrogens with zero attached hydrogens (tertiary/aromatic N) is 1. The second kappa shape index (κ2) is 6.21. The van der Waals surface area contributed by atoms with E-state index in [4.69, 9.17) is 0 Å². The van der Waals surface area contributed by atoms with Gasteiger partial charge in [0, 0.05) is 17.1 Å². The van der Waals surface area contributed by atoms with Crippen molar-refractivity contribution in [1.82, 2.24) is 10.3 Å². The monoisotopic (exact) mass is 282 g/mol. The van der Waals surface area contributed by atoms with Crippen molar-refractivity contribution in [3.63, 3.8) is 0 Å². The van der Waals surface area contributed by atoms with Gasteiger partial charge in [0.05, 0.1) is 11.0 Å². The first-order valence-electron chi connectivity index (χ1n) is 6.22. The third-order valence-corrected chi connectivity index (χ3v) is 3.72. The van der Waals surface area contributed by atoms with Crippen LogP contribution in [0.15, 0.2) is 24.4 Å². The minimum Gasteiger partial charge on any atom is -0.306 e. The maximum Gasteiger partial charge on any atom is 0.126 e. The average molecular weight is 282 g/mol. The molecule has 1 N–H and O–H groups in total. The number of hydrogen-bond acceptors (Lipinski definition) is 3. The number of rotatable bonds is 5. The van der Waals surface area contributed by atoms with Gasteiger partial charge in [0.1, 0.15) is 11.6 Å². The second-order valence-corrected chi connectivity index (χ2v) is 5.64. The summed E-state index contributed by atoms with van der Waals surface area (Å²) < 4.78 is 26.7. The molecule has 0 saturated heterocycles. The Morgan fingerprint density at radius 3 is 2.47 bits per heavy atom. The lowest BCUT2D eigenvalue weighted by atomic mass is 10.1. The molecule has 0 aliphatic heterocycles. The van der Waals surface area contributed by atoms with Crippen molar-refractivity contribution in [3.8, 4) is 0 Å². The van der Waals surface area contributed by atoms with Gasteiger partial charge in [-0.05, 0) is 37.6 Å². The SMILES string of the molecule is CCCNC(c1cc(F)cc(F)c1)c1cnc(C)s1. The fourth-order valence-corrected chi connectivity index (χ4v) is 2.81. The number of aryl methyl sites for hydroxylation is 1. The zero-order valence-corrected chi connectivity index (χ0v) is 11.7. The molecule has 5 heteroatoms. The van der Waals surface area contributed by atoms with Gasteiger partial charge < -0.3 is 5.32 Å². The molecule has 0 fully saturated rings. The van der Waals surface area contributed by atoms with E-state index in [1.165, 1.54) is 23.5 Å². The quantitative estimate of drug-likeness (QED) is 0.901. The van der Waals surface area contributed by atoms with Crippen molar-refractivity contribution in [2.75, 3.05) is 6.54 Å². The fourth-order valence-electron chi connectivity index (χ4n) is 1.92. The van der Waals surface area contributed by atoms with Gasteiger partial charge in [-0.25, -0.2) is 13.8 Å². The van der Waals surface area contributed by atoms with Gasteiger partial charge >= 0.3 is 0 Å². The summed E-state index contributed by atoms with van der Waals surface area (Å²) in [6.45, 7) is 4.74. The summed E-state index contributed by atoms with van der Waals surface area (Å²) in [5.74, 6) is -1.11. The molecule has 0 aliphatic rings. The number of nitrogens with one attached hydrogen (secondary N) is 1. The van der Waals surface area contributed by atoms with E-state index in [1.807, 2.05) is 13.8 Å². The fraction of sp³-hybridized carbons (Fsp3) is 0.357. The van der Waals surface area contributed by atoms with Crippen LogP contribution >= 0.6 is 11.3 Å². The van der Waals surface area contributed by atoms with Crippen LogP contribution in [0.4, 0.5) is 8.78 Å². The van der Waals surface area contributed by atoms with E-state index in [9.17, 15) is 8.78 Å². The van der Waals surface area contributed by atoms with Crippen LogP contribution in [-0.4, -0.2) is 11.5 Å². The molecule has 1 unspecified atom stereocenters. The molecular formula is C14H16F2N2S. The Hall–Kier alpha value is -1.33. The smallest absolute Gasteiger partial charge is 0.126 e. The highest BCUT2D eigenvalue weighted by atomic mass is 32.1. The lowest BCUT2D eigenvalue weighted by Gasteiger charge is -2.17. The number of thiazole rings is 1. The Kier molecular flexibility index (Phi) is 4.61. The molecule has 1 aromatic heterocycles. The molecule has 1 aromatic carbocycles. The van der Waals surface area contributed by atoms with E-state index in [2.05, 4.69) is 10.3 Å². The number of halogens is 2. The van der Waals surface area contributed by atoms with Crippen LogP contribution in [0.2, 0.25) is 0 Å². The predicted octanol–water partition coefficient (Wildman–Crippen LogP) is 3.82. The van der Waals surface area contributed by atoms with Gasteiger partial charge in [0.25, 0.3) is 0 Å². The van der Waals surface area contributed by atoms with E-state index in [0.717, 1.165) is 28.9 Å². The maximum absolute atomic E-state index is 13.4. The predicted molar refractivity (Wildman–Crippen MR) is 73.3 cm³/mol. The zero-order valence-electron chi connectivity index (χ0n) is 10.9. The molecule has 1 atom stereocenters. The van der Waals surface area contributed by atoms with E-state index < -0.39 is 11.6 Å². The van der Waals surface area contributed by atoms with E-state index in [0.29, 0.717) is 5.56 Å². The third-order valence-electron chi connectivity index (χ3n) is 2.74. The molecule has 0 amide bonds. The summed E-state index contributed by atoms with van der Waals surface area (Å²) >= 11 is 1.53. The molecule has 2 rings (SSSR count). The molecule has 2 nitrogen and oxygen atoms in total. The Labute approximate surface area is 115 Å². The van der Waals surface area contributed by atoms with Crippen LogP contribution in [0.25, 0.3) is 0 Å². The first kappa shape index (κ1) is 14.1. The van der Waals surface area contributed by atoms with Crippen LogP contribution in [0, 0.1) is 18.6 Å². The first-order valence-corrected chi connectivity index (χ1v) is 7.03. The summed E-state index contributed by atoms with van der Waals surface area (Å²) in [4.78, 5) is 5.18. The van der Waals surface area contributed by atoms with Gasteiger partial charge in [-0.15, -0.1) is 11.3 Å². The Bertz CT molecular complexity index is 534. The molecule has 1 heterocycles. The molecule has 0 spiro atoms. The standard InChI is InChI=1S/C14H16F2N2S/c1-3-4-17-14(13-8-18-9(2)19-13)10-5-11(15)7-12(16)6-10/h5-8,14,17H,3-4H2,1-2H3. The van der Waals surface area contributed by atoms with E-state index in [-0.39, 0.29) is 6.04 Å². The maximum atomic E-state index is 13.4. The summed E-state index contributed by atoms with van der Waals surface area (Å²) in [5, 5.41) is 4.25. The summed E-state index contributed by atoms with van der Waals surface area (Å²) in [5.41, 5.74) is 0.592. The highest BCUT2D eigenvalue weighted by Gasteiger charge is 2.17. The number of aromatic nitrogens is 1. The minimum absolute atomic E-state index is 0.212. The van der Waals surface area contributed by atoms with Crippen LogP contribution in [0.3, 0.4) is 0 Å². The molecule has 19 heavy (non-hydrogen) atoms. The molecule has 2 aromatic rings. The van der Waals surface area contributed by atoms with Gasteiger partial charge in [-0.2, -0.15) is 0 Å². The molecule has 102 valence electrons. The Balaban J connectivity index is 2.36. The van der Waals surface area contributed by atoms with Crippen LogP contribution in [0.5, 0.6) is 0 Å². The van der Waals surface area contributed by atoms with Gasteiger partial charge in [-0.3, -0.25) is 0 Å². The normalized spacial score (nSPS) is 12.6. The molecular weight excluding hydrogens is 266 g/mol. The average Bonchev–Trinajstić information content (AvgIpc) is 2.75. The minimum atomic E-state index is -0.556. The van der Waals surface area contributed by atoms with Crippen molar-refractivity contribution >= 4 is 11.3 Å². The van der Waals surface area contributed by atoms with Gasteiger partial charge in [0.15, 0.2) is 0 Å². The topological polar surface area (TPSA) is 24.9 Å². The summed E-state index contributed by atoms with van der Waals surface area (Å²) in [6.07, 6.45) is 2.71. The van der Waals surface area contributed by atoms with Crippen molar-refractivity contribution < 1.29 is 8.78 Å². The summed E-state index contributed by atoms with van der Waals surface area (Å²) in [6, 6.07) is 3.41. The van der Waals surface area contributed by atoms with Gasteiger partial charge in [-0.1, -0.05) is 6.92 Å². The highest BCUT2D eigenvalue weighted by Crippen LogP contribution is 2.27.